The molecular formula is C18H15N3O2. The standard InChI is InChI=1S/C18H15N3O2/c1-12-2-3-14(10-15(12)11-19)13-4-6-16(7-5-13)21-9-8-17(22)20-18(21)23/h2-7,10H,8-9H2,1H3,(H,20,22,23). The van der Waals surface area contributed by atoms with Gasteiger partial charge in [0.2, 0.25) is 5.91 Å². The van der Waals surface area contributed by atoms with E-state index in [1.54, 1.807) is 4.90 Å². The van der Waals surface area contributed by atoms with Gasteiger partial charge in [-0.3, -0.25) is 15.0 Å². The van der Waals surface area contributed by atoms with Gasteiger partial charge >= 0.3 is 6.03 Å². The van der Waals surface area contributed by atoms with Crippen molar-refractivity contribution >= 4 is 17.6 Å². The molecular weight excluding hydrogens is 290 g/mol. The number of benzene rings is 2. The zero-order chi connectivity index (χ0) is 16.4. The Bertz CT molecular complexity index is 819. The topological polar surface area (TPSA) is 73.2 Å². The van der Waals surface area contributed by atoms with Gasteiger partial charge in [-0.1, -0.05) is 24.3 Å². The third kappa shape index (κ3) is 2.92. The summed E-state index contributed by atoms with van der Waals surface area (Å²) in [6.45, 7) is 2.29. The molecule has 5 heteroatoms. The molecule has 0 aromatic heterocycles. The molecule has 5 nitrogen and oxygen atoms in total. The summed E-state index contributed by atoms with van der Waals surface area (Å²) in [5.41, 5.74) is 4.27. The van der Waals surface area contributed by atoms with Gasteiger partial charge in [-0.15, -0.1) is 0 Å². The molecule has 1 saturated heterocycles. The van der Waals surface area contributed by atoms with Crippen LogP contribution in [0.1, 0.15) is 17.5 Å². The number of anilines is 1. The molecule has 1 heterocycles. The van der Waals surface area contributed by atoms with Crippen molar-refractivity contribution in [3.8, 4) is 17.2 Å². The van der Waals surface area contributed by atoms with Crippen LogP contribution in [-0.2, 0) is 4.79 Å². The zero-order valence-corrected chi connectivity index (χ0v) is 12.7. The molecule has 0 radical (unpaired) electrons. The molecule has 1 aliphatic rings. The van der Waals surface area contributed by atoms with Gasteiger partial charge in [0.15, 0.2) is 0 Å². The van der Waals surface area contributed by atoms with Gasteiger partial charge in [0.1, 0.15) is 0 Å². The predicted octanol–water partition coefficient (Wildman–Crippen LogP) is 2.98. The lowest BCUT2D eigenvalue weighted by molar-refractivity contribution is -0.120. The molecule has 2 aromatic rings. The third-order valence-corrected chi connectivity index (χ3v) is 3.92. The van der Waals surface area contributed by atoms with E-state index in [4.69, 9.17) is 5.26 Å². The zero-order valence-electron chi connectivity index (χ0n) is 12.7. The van der Waals surface area contributed by atoms with E-state index in [0.29, 0.717) is 18.5 Å². The lowest BCUT2D eigenvalue weighted by Crippen LogP contribution is -2.49. The molecule has 0 saturated carbocycles. The number of urea groups is 1. The molecule has 2 aromatic carbocycles. The van der Waals surface area contributed by atoms with Crippen molar-refractivity contribution < 1.29 is 9.59 Å². The summed E-state index contributed by atoms with van der Waals surface area (Å²) in [7, 11) is 0. The number of nitrogens with one attached hydrogen (secondary N) is 1. The summed E-state index contributed by atoms with van der Waals surface area (Å²) in [5, 5.41) is 11.4. The summed E-state index contributed by atoms with van der Waals surface area (Å²) in [6.07, 6.45) is 0.303. The average molecular weight is 305 g/mol. The minimum atomic E-state index is -0.392. The normalized spacial score (nSPS) is 14.3. The lowest BCUT2D eigenvalue weighted by Gasteiger charge is -2.26. The van der Waals surface area contributed by atoms with Crippen LogP contribution in [0.25, 0.3) is 11.1 Å². The predicted molar refractivity (Wildman–Crippen MR) is 86.8 cm³/mol. The average Bonchev–Trinajstić information content (AvgIpc) is 2.56. The van der Waals surface area contributed by atoms with Crippen LogP contribution in [0.4, 0.5) is 10.5 Å². The van der Waals surface area contributed by atoms with Crippen molar-refractivity contribution in [1.29, 1.82) is 5.26 Å². The number of hydrogen-bond acceptors (Lipinski definition) is 3. The first-order valence-corrected chi connectivity index (χ1v) is 7.31. The van der Waals surface area contributed by atoms with Crippen molar-refractivity contribution in [2.24, 2.45) is 0 Å². The highest BCUT2D eigenvalue weighted by atomic mass is 16.2. The second-order valence-electron chi connectivity index (χ2n) is 5.44. The molecule has 23 heavy (non-hydrogen) atoms. The highest BCUT2D eigenvalue weighted by Gasteiger charge is 2.23. The van der Waals surface area contributed by atoms with E-state index < -0.39 is 6.03 Å². The summed E-state index contributed by atoms with van der Waals surface area (Å²) >= 11 is 0. The Labute approximate surface area is 134 Å². The Morgan fingerprint density at radius 3 is 2.43 bits per heavy atom. The molecule has 0 unspecified atom stereocenters. The highest BCUT2D eigenvalue weighted by Crippen LogP contribution is 2.25. The number of amides is 3. The van der Waals surface area contributed by atoms with Crippen LogP contribution < -0.4 is 10.2 Å². The number of aryl methyl sites for hydroxylation is 1. The first-order chi connectivity index (χ1) is 11.1. The van der Waals surface area contributed by atoms with E-state index in [0.717, 1.165) is 22.4 Å². The third-order valence-electron chi connectivity index (χ3n) is 3.92. The SMILES string of the molecule is Cc1ccc(-c2ccc(N3CCC(=O)NC3=O)cc2)cc1C#N. The molecule has 114 valence electrons. The molecule has 1 aliphatic heterocycles. The Kier molecular flexibility index (Phi) is 3.82. The molecule has 0 spiro atoms. The number of nitriles is 1. The van der Waals surface area contributed by atoms with Crippen molar-refractivity contribution in [3.63, 3.8) is 0 Å². The smallest absolute Gasteiger partial charge is 0.294 e. The molecule has 0 aliphatic carbocycles. The highest BCUT2D eigenvalue weighted by molar-refractivity contribution is 6.05. The molecule has 1 N–H and O–H groups in total. The molecule has 1 fully saturated rings. The quantitative estimate of drug-likeness (QED) is 0.927. The number of rotatable bonds is 2. The summed E-state index contributed by atoms with van der Waals surface area (Å²) < 4.78 is 0. The van der Waals surface area contributed by atoms with Gasteiger partial charge in [-0.05, 0) is 41.8 Å². The van der Waals surface area contributed by atoms with E-state index in [9.17, 15) is 9.59 Å². The first-order valence-electron chi connectivity index (χ1n) is 7.31. The Morgan fingerprint density at radius 1 is 1.09 bits per heavy atom. The van der Waals surface area contributed by atoms with E-state index in [-0.39, 0.29) is 5.91 Å². The number of carbonyl (C=O) groups excluding carboxylic acids is 2. The Morgan fingerprint density at radius 2 is 1.78 bits per heavy atom. The second kappa shape index (κ2) is 5.93. The fourth-order valence-electron chi connectivity index (χ4n) is 2.57. The molecule has 3 amide bonds. The van der Waals surface area contributed by atoms with Crippen LogP contribution in [0, 0.1) is 18.3 Å². The summed E-state index contributed by atoms with van der Waals surface area (Å²) in [5.74, 6) is -0.244. The van der Waals surface area contributed by atoms with Gasteiger partial charge in [0.25, 0.3) is 0 Å². The van der Waals surface area contributed by atoms with Crippen LogP contribution >= 0.6 is 0 Å². The number of imide groups is 1. The van der Waals surface area contributed by atoms with Crippen molar-refractivity contribution in [2.45, 2.75) is 13.3 Å². The van der Waals surface area contributed by atoms with Gasteiger partial charge in [-0.25, -0.2) is 4.79 Å². The molecule has 0 bridgehead atoms. The van der Waals surface area contributed by atoms with Crippen molar-refractivity contribution in [3.05, 3.63) is 53.6 Å². The van der Waals surface area contributed by atoms with Crippen LogP contribution in [0.15, 0.2) is 42.5 Å². The Balaban J connectivity index is 1.87. The van der Waals surface area contributed by atoms with Crippen molar-refractivity contribution in [1.82, 2.24) is 5.32 Å². The fraction of sp³-hybridized carbons (Fsp3) is 0.167. The lowest BCUT2D eigenvalue weighted by atomic mass is 10.00. The van der Waals surface area contributed by atoms with Crippen LogP contribution in [0.5, 0.6) is 0 Å². The van der Waals surface area contributed by atoms with E-state index in [2.05, 4.69) is 11.4 Å². The van der Waals surface area contributed by atoms with E-state index >= 15 is 0 Å². The van der Waals surface area contributed by atoms with E-state index in [1.807, 2.05) is 49.4 Å². The molecule has 0 atom stereocenters. The van der Waals surface area contributed by atoms with Crippen molar-refractivity contribution in [2.75, 3.05) is 11.4 Å². The van der Waals surface area contributed by atoms with Gasteiger partial charge in [0, 0.05) is 18.7 Å². The maximum Gasteiger partial charge on any atom is 0.328 e. The Hall–Kier alpha value is -3.13. The van der Waals surface area contributed by atoms with Crippen LogP contribution in [-0.4, -0.2) is 18.5 Å². The van der Waals surface area contributed by atoms with Gasteiger partial charge in [-0.2, -0.15) is 5.26 Å². The maximum atomic E-state index is 11.8. The largest absolute Gasteiger partial charge is 0.328 e. The number of hydrogen-bond donors (Lipinski definition) is 1. The second-order valence-corrected chi connectivity index (χ2v) is 5.44. The minimum Gasteiger partial charge on any atom is -0.294 e. The monoisotopic (exact) mass is 305 g/mol. The molecule has 3 rings (SSSR count). The first kappa shape index (κ1) is 14.8. The number of carbonyl (C=O) groups is 2. The number of nitrogens with zero attached hydrogens (tertiary/aromatic N) is 2. The minimum absolute atomic E-state index is 0.244. The van der Waals surface area contributed by atoms with E-state index in [1.165, 1.54) is 0 Å². The van der Waals surface area contributed by atoms with Crippen LogP contribution in [0.2, 0.25) is 0 Å². The van der Waals surface area contributed by atoms with Gasteiger partial charge < -0.3 is 0 Å². The summed E-state index contributed by atoms with van der Waals surface area (Å²) in [4.78, 5) is 24.6. The fourth-order valence-corrected chi connectivity index (χ4v) is 2.57. The van der Waals surface area contributed by atoms with Crippen LogP contribution in [0.3, 0.4) is 0 Å². The maximum absolute atomic E-state index is 11.8. The van der Waals surface area contributed by atoms with Gasteiger partial charge in [0.05, 0.1) is 11.6 Å². The summed E-state index contributed by atoms with van der Waals surface area (Å²) in [6, 6.07) is 15.0.